The Labute approximate surface area is 81.2 Å². The predicted octanol–water partition coefficient (Wildman–Crippen LogP) is -1.24. The molecule has 1 fully saturated rings. The lowest BCUT2D eigenvalue weighted by Crippen LogP contribution is -2.65. The van der Waals surface area contributed by atoms with Gasteiger partial charge in [0.2, 0.25) is 5.91 Å². The van der Waals surface area contributed by atoms with Gasteiger partial charge in [0.05, 0.1) is 23.5 Å². The highest BCUT2D eigenvalue weighted by Crippen LogP contribution is 2.27. The topological polar surface area (TPSA) is 101 Å². The lowest BCUT2D eigenvalue weighted by molar-refractivity contribution is -0.138. The molecule has 0 saturated carbocycles. The lowest BCUT2D eigenvalue weighted by Gasteiger charge is -2.40. The molecule has 0 aromatic rings. The van der Waals surface area contributed by atoms with E-state index in [1.54, 1.807) is 0 Å². The molecule has 1 aliphatic heterocycles. The largest absolute Gasteiger partial charge is 0.481 e. The van der Waals surface area contributed by atoms with Crippen LogP contribution in [0.1, 0.15) is 13.3 Å². The van der Waals surface area contributed by atoms with Crippen molar-refractivity contribution in [3.05, 3.63) is 0 Å². The highest BCUT2D eigenvalue weighted by molar-refractivity contribution is 7.93. The third-order valence-corrected chi connectivity index (χ3v) is 3.91. The molecule has 0 aromatic heterocycles. The molecule has 0 atom stereocenters. The van der Waals surface area contributed by atoms with Gasteiger partial charge in [0, 0.05) is 6.92 Å². The van der Waals surface area contributed by atoms with E-state index in [1.165, 1.54) is 6.92 Å². The summed E-state index contributed by atoms with van der Waals surface area (Å²) in [5.74, 6) is -2.10. The van der Waals surface area contributed by atoms with Crippen LogP contribution in [-0.2, 0) is 19.4 Å². The maximum Gasteiger partial charge on any atom is 0.305 e. The van der Waals surface area contributed by atoms with Crippen LogP contribution < -0.4 is 5.32 Å². The summed E-state index contributed by atoms with van der Waals surface area (Å²) in [6.07, 6.45) is -0.355. The minimum absolute atomic E-state index is 0.286. The molecule has 80 valence electrons. The van der Waals surface area contributed by atoms with E-state index in [9.17, 15) is 18.0 Å². The highest BCUT2D eigenvalue weighted by atomic mass is 32.2. The van der Waals surface area contributed by atoms with Crippen LogP contribution in [0.3, 0.4) is 0 Å². The van der Waals surface area contributed by atoms with Gasteiger partial charge >= 0.3 is 5.97 Å². The molecule has 0 spiro atoms. The molecule has 14 heavy (non-hydrogen) atoms. The highest BCUT2D eigenvalue weighted by Gasteiger charge is 2.50. The number of hydrogen-bond donors (Lipinski definition) is 2. The van der Waals surface area contributed by atoms with Crippen molar-refractivity contribution in [3.63, 3.8) is 0 Å². The summed E-state index contributed by atoms with van der Waals surface area (Å²) in [6.45, 7) is 1.23. The fourth-order valence-electron chi connectivity index (χ4n) is 1.68. The quantitative estimate of drug-likeness (QED) is 0.621. The number of amides is 1. The molecule has 6 nitrogen and oxygen atoms in total. The Morgan fingerprint density at radius 1 is 1.43 bits per heavy atom. The van der Waals surface area contributed by atoms with E-state index in [0.29, 0.717) is 0 Å². The average Bonchev–Trinajstić information content (AvgIpc) is 1.76. The molecule has 1 rings (SSSR count). The number of carbonyl (C=O) groups excluding carboxylic acids is 1. The Kier molecular flexibility index (Phi) is 2.53. The summed E-state index contributed by atoms with van der Waals surface area (Å²) in [5.41, 5.74) is -1.09. The molecular formula is C7H11NO5S. The summed E-state index contributed by atoms with van der Waals surface area (Å²) in [7, 11) is -3.16. The van der Waals surface area contributed by atoms with Gasteiger partial charge in [-0.2, -0.15) is 0 Å². The normalized spacial score (nSPS) is 22.1. The van der Waals surface area contributed by atoms with E-state index >= 15 is 0 Å². The number of carbonyl (C=O) groups is 2. The van der Waals surface area contributed by atoms with E-state index in [4.69, 9.17) is 5.11 Å². The van der Waals surface area contributed by atoms with E-state index in [1.807, 2.05) is 0 Å². The second kappa shape index (κ2) is 3.23. The molecule has 1 aliphatic rings. The van der Waals surface area contributed by atoms with Crippen LogP contribution in [0.2, 0.25) is 0 Å². The van der Waals surface area contributed by atoms with Gasteiger partial charge in [0.1, 0.15) is 0 Å². The van der Waals surface area contributed by atoms with Gasteiger partial charge in [0.15, 0.2) is 9.84 Å². The Hall–Kier alpha value is -1.11. The van der Waals surface area contributed by atoms with Crippen LogP contribution in [0.4, 0.5) is 0 Å². The van der Waals surface area contributed by atoms with Crippen molar-refractivity contribution in [2.24, 2.45) is 0 Å². The standard InChI is InChI=1S/C7H11NO5S/c1-5(9)8-7(2-6(10)11)3-14(12,13)4-7/h2-4H2,1H3,(H,8,9)(H,10,11). The molecule has 1 saturated heterocycles. The molecule has 7 heteroatoms. The molecular weight excluding hydrogens is 210 g/mol. The van der Waals surface area contributed by atoms with E-state index in [2.05, 4.69) is 5.32 Å². The van der Waals surface area contributed by atoms with Gasteiger partial charge in [-0.1, -0.05) is 0 Å². The minimum Gasteiger partial charge on any atom is -0.481 e. The van der Waals surface area contributed by atoms with Crippen LogP contribution in [0, 0.1) is 0 Å². The zero-order valence-corrected chi connectivity index (χ0v) is 8.43. The van der Waals surface area contributed by atoms with E-state index in [-0.39, 0.29) is 17.9 Å². The first-order valence-corrected chi connectivity index (χ1v) is 5.78. The van der Waals surface area contributed by atoms with Crippen molar-refractivity contribution in [1.29, 1.82) is 0 Å². The molecule has 0 bridgehead atoms. The number of carboxylic acids is 1. The minimum atomic E-state index is -3.16. The van der Waals surface area contributed by atoms with Gasteiger partial charge in [-0.3, -0.25) is 9.59 Å². The molecule has 1 heterocycles. The van der Waals surface area contributed by atoms with Gasteiger partial charge in [-0.15, -0.1) is 0 Å². The number of sulfone groups is 1. The Morgan fingerprint density at radius 2 is 1.93 bits per heavy atom. The van der Waals surface area contributed by atoms with Gasteiger partial charge in [0.25, 0.3) is 0 Å². The molecule has 1 amide bonds. The van der Waals surface area contributed by atoms with Crippen molar-refractivity contribution >= 4 is 21.7 Å². The first-order chi connectivity index (χ1) is 6.25. The smallest absolute Gasteiger partial charge is 0.305 e. The number of aliphatic carboxylic acids is 1. The third-order valence-electron chi connectivity index (χ3n) is 1.92. The van der Waals surface area contributed by atoms with E-state index < -0.39 is 27.3 Å². The third kappa shape index (κ3) is 2.44. The fourth-order valence-corrected chi connectivity index (χ4v) is 3.63. The zero-order valence-electron chi connectivity index (χ0n) is 7.61. The maximum absolute atomic E-state index is 10.9. The Bertz CT molecular complexity index is 342. The number of nitrogens with one attached hydrogen (secondary N) is 1. The van der Waals surface area contributed by atoms with E-state index in [0.717, 1.165) is 0 Å². The lowest BCUT2D eigenvalue weighted by atomic mass is 9.99. The first kappa shape index (κ1) is 11.0. The van der Waals surface area contributed by atoms with Crippen LogP contribution in [-0.4, -0.2) is 42.4 Å². The van der Waals surface area contributed by atoms with Crippen LogP contribution >= 0.6 is 0 Å². The van der Waals surface area contributed by atoms with Crippen molar-refractivity contribution < 1.29 is 23.1 Å². The molecule has 0 radical (unpaired) electrons. The SMILES string of the molecule is CC(=O)NC1(CC(=O)O)CS(=O)(=O)C1. The molecule has 0 aromatic carbocycles. The van der Waals surface area contributed by atoms with Crippen molar-refractivity contribution in [3.8, 4) is 0 Å². The van der Waals surface area contributed by atoms with Crippen molar-refractivity contribution in [2.45, 2.75) is 18.9 Å². The van der Waals surface area contributed by atoms with Crippen molar-refractivity contribution in [1.82, 2.24) is 5.32 Å². The van der Waals surface area contributed by atoms with Crippen molar-refractivity contribution in [2.75, 3.05) is 11.5 Å². The van der Waals surface area contributed by atoms with Crippen LogP contribution in [0.15, 0.2) is 0 Å². The average molecular weight is 221 g/mol. The van der Waals surface area contributed by atoms with Gasteiger partial charge in [-0.25, -0.2) is 8.42 Å². The molecule has 0 unspecified atom stereocenters. The second-order valence-corrected chi connectivity index (χ2v) is 5.63. The fraction of sp³-hybridized carbons (Fsp3) is 0.714. The summed E-state index contributed by atoms with van der Waals surface area (Å²) < 4.78 is 21.8. The number of carboxylic acid groups (broad SMARTS) is 1. The first-order valence-electron chi connectivity index (χ1n) is 3.96. The monoisotopic (exact) mass is 221 g/mol. The summed E-state index contributed by atoms with van der Waals surface area (Å²) in [5, 5.41) is 10.9. The number of hydrogen-bond acceptors (Lipinski definition) is 4. The maximum atomic E-state index is 10.9. The Balaban J connectivity index is 2.74. The summed E-state index contributed by atoms with van der Waals surface area (Å²) in [4.78, 5) is 21.2. The van der Waals surface area contributed by atoms with Crippen LogP contribution in [0.5, 0.6) is 0 Å². The van der Waals surface area contributed by atoms with Gasteiger partial charge in [-0.05, 0) is 0 Å². The van der Waals surface area contributed by atoms with Crippen LogP contribution in [0.25, 0.3) is 0 Å². The molecule has 2 N–H and O–H groups in total. The molecule has 0 aliphatic carbocycles. The summed E-state index contributed by atoms with van der Waals surface area (Å²) in [6, 6.07) is 0. The second-order valence-electron chi connectivity index (χ2n) is 3.56. The summed E-state index contributed by atoms with van der Waals surface area (Å²) >= 11 is 0. The Morgan fingerprint density at radius 3 is 2.21 bits per heavy atom. The zero-order chi connectivity index (χ0) is 11.0. The number of rotatable bonds is 3. The predicted molar refractivity (Wildman–Crippen MR) is 47.5 cm³/mol. The van der Waals surface area contributed by atoms with Gasteiger partial charge < -0.3 is 10.4 Å².